The molecule has 0 aliphatic rings. The predicted molar refractivity (Wildman–Crippen MR) is 98.1 cm³/mol. The molecular formula is C18H17F3N2O3S. The van der Waals surface area contributed by atoms with E-state index in [2.05, 4.69) is 5.32 Å². The molecule has 1 amide bonds. The number of carbonyl (C=O) groups is 1. The van der Waals surface area contributed by atoms with Gasteiger partial charge in [-0.2, -0.15) is 13.2 Å². The summed E-state index contributed by atoms with van der Waals surface area (Å²) in [6.07, 6.45) is -3.85. The largest absolute Gasteiger partial charge is 0.418 e. The second-order valence-corrected chi connectivity index (χ2v) is 7.32. The number of hydrogen-bond acceptors (Lipinski definition) is 4. The number of non-ortho nitro benzene ring substituents is 1. The maximum Gasteiger partial charge on any atom is 0.418 e. The van der Waals surface area contributed by atoms with E-state index in [0.29, 0.717) is 4.90 Å². The Kier molecular flexibility index (Phi) is 6.48. The summed E-state index contributed by atoms with van der Waals surface area (Å²) < 4.78 is 40.3. The predicted octanol–water partition coefficient (Wildman–Crippen LogP) is 5.76. The molecule has 0 aromatic heterocycles. The molecule has 0 fully saturated rings. The SMILES string of the molecule is CCC(C)Sc1ccc(NC(=O)c2cccc([N+](=O)[O-])c2)c(C(F)(F)F)c1. The van der Waals surface area contributed by atoms with Crippen LogP contribution in [0.4, 0.5) is 24.5 Å². The number of thioether (sulfide) groups is 1. The Hall–Kier alpha value is -2.55. The van der Waals surface area contributed by atoms with Crippen LogP contribution in [0.25, 0.3) is 0 Å². The molecule has 0 aliphatic carbocycles. The van der Waals surface area contributed by atoms with Crippen molar-refractivity contribution in [2.45, 2.75) is 36.6 Å². The lowest BCUT2D eigenvalue weighted by Gasteiger charge is -2.16. The molecule has 1 atom stereocenters. The summed E-state index contributed by atoms with van der Waals surface area (Å²) in [4.78, 5) is 22.8. The lowest BCUT2D eigenvalue weighted by atomic mass is 10.1. The standard InChI is InChI=1S/C18H17F3N2O3S/c1-3-11(2)27-14-7-8-16(15(10-14)18(19,20)21)22-17(24)12-5-4-6-13(9-12)23(25)26/h4-11H,3H2,1-2H3,(H,22,24). The first-order chi connectivity index (χ1) is 12.6. The van der Waals surface area contributed by atoms with Gasteiger partial charge in [-0.05, 0) is 30.7 Å². The maximum absolute atomic E-state index is 13.4. The van der Waals surface area contributed by atoms with Crippen LogP contribution in [0.1, 0.15) is 36.2 Å². The number of hydrogen-bond donors (Lipinski definition) is 1. The van der Waals surface area contributed by atoms with Crippen LogP contribution in [-0.2, 0) is 6.18 Å². The molecule has 5 nitrogen and oxygen atoms in total. The Balaban J connectivity index is 2.33. The smallest absolute Gasteiger partial charge is 0.321 e. The van der Waals surface area contributed by atoms with Crippen molar-refractivity contribution in [1.82, 2.24) is 0 Å². The van der Waals surface area contributed by atoms with E-state index in [4.69, 9.17) is 0 Å². The lowest BCUT2D eigenvalue weighted by molar-refractivity contribution is -0.384. The van der Waals surface area contributed by atoms with Gasteiger partial charge in [-0.25, -0.2) is 0 Å². The number of carbonyl (C=O) groups excluding carboxylic acids is 1. The maximum atomic E-state index is 13.4. The molecule has 1 N–H and O–H groups in total. The van der Waals surface area contributed by atoms with E-state index in [1.807, 2.05) is 13.8 Å². The molecule has 0 radical (unpaired) electrons. The number of nitro benzene ring substituents is 1. The van der Waals surface area contributed by atoms with E-state index in [0.717, 1.165) is 18.6 Å². The van der Waals surface area contributed by atoms with Crippen molar-refractivity contribution in [1.29, 1.82) is 0 Å². The Morgan fingerprint density at radius 1 is 1.26 bits per heavy atom. The Bertz CT molecular complexity index is 856. The molecule has 0 bridgehead atoms. The summed E-state index contributed by atoms with van der Waals surface area (Å²) in [5.74, 6) is -0.855. The third-order valence-electron chi connectivity index (χ3n) is 3.78. The highest BCUT2D eigenvalue weighted by Gasteiger charge is 2.34. The number of rotatable bonds is 6. The zero-order valence-electron chi connectivity index (χ0n) is 14.5. The molecule has 0 spiro atoms. The minimum absolute atomic E-state index is 0.101. The number of nitrogens with one attached hydrogen (secondary N) is 1. The van der Waals surface area contributed by atoms with Gasteiger partial charge in [0.25, 0.3) is 11.6 Å². The Labute approximate surface area is 158 Å². The number of nitro groups is 1. The van der Waals surface area contributed by atoms with Crippen molar-refractivity contribution in [3.63, 3.8) is 0 Å². The highest BCUT2D eigenvalue weighted by molar-refractivity contribution is 7.99. The minimum atomic E-state index is -4.66. The van der Waals surface area contributed by atoms with Gasteiger partial charge in [-0.15, -0.1) is 11.8 Å². The number of nitrogens with zero attached hydrogens (tertiary/aromatic N) is 1. The van der Waals surface area contributed by atoms with Gasteiger partial charge in [0, 0.05) is 27.8 Å². The summed E-state index contributed by atoms with van der Waals surface area (Å²) >= 11 is 1.32. The average Bonchev–Trinajstić information content (AvgIpc) is 2.62. The second-order valence-electron chi connectivity index (χ2n) is 5.80. The van der Waals surface area contributed by atoms with E-state index < -0.39 is 28.3 Å². The van der Waals surface area contributed by atoms with E-state index in [9.17, 15) is 28.1 Å². The van der Waals surface area contributed by atoms with Crippen LogP contribution in [-0.4, -0.2) is 16.1 Å². The molecule has 2 aromatic carbocycles. The first kappa shape index (κ1) is 20.8. The van der Waals surface area contributed by atoms with Crippen molar-refractivity contribution in [3.05, 3.63) is 63.7 Å². The molecule has 2 rings (SSSR count). The molecule has 0 saturated carbocycles. The molecule has 0 aliphatic heterocycles. The molecule has 9 heteroatoms. The number of benzene rings is 2. The van der Waals surface area contributed by atoms with Gasteiger partial charge in [0.05, 0.1) is 16.2 Å². The number of anilines is 1. The van der Waals surface area contributed by atoms with Gasteiger partial charge in [0.15, 0.2) is 0 Å². The van der Waals surface area contributed by atoms with Crippen LogP contribution in [0, 0.1) is 10.1 Å². The van der Waals surface area contributed by atoms with Crippen LogP contribution >= 0.6 is 11.8 Å². The minimum Gasteiger partial charge on any atom is -0.321 e. The van der Waals surface area contributed by atoms with Crippen molar-refractivity contribution in [2.75, 3.05) is 5.32 Å². The van der Waals surface area contributed by atoms with Crippen molar-refractivity contribution < 1.29 is 22.9 Å². The van der Waals surface area contributed by atoms with E-state index >= 15 is 0 Å². The molecule has 0 heterocycles. The van der Waals surface area contributed by atoms with Gasteiger partial charge in [0.1, 0.15) is 0 Å². The van der Waals surface area contributed by atoms with Crippen molar-refractivity contribution >= 4 is 29.0 Å². The summed E-state index contributed by atoms with van der Waals surface area (Å²) in [5, 5.41) is 13.1. The monoisotopic (exact) mass is 398 g/mol. The molecule has 144 valence electrons. The van der Waals surface area contributed by atoms with E-state index in [-0.39, 0.29) is 16.5 Å². The third-order valence-corrected chi connectivity index (χ3v) is 5.04. The first-order valence-corrected chi connectivity index (χ1v) is 8.93. The topological polar surface area (TPSA) is 72.2 Å². The summed E-state index contributed by atoms with van der Waals surface area (Å²) in [6.45, 7) is 3.85. The fourth-order valence-electron chi connectivity index (χ4n) is 2.21. The molecule has 2 aromatic rings. The number of amides is 1. The summed E-state index contributed by atoms with van der Waals surface area (Å²) in [5.41, 5.74) is -1.78. The van der Waals surface area contributed by atoms with Gasteiger partial charge >= 0.3 is 6.18 Å². The van der Waals surface area contributed by atoms with Crippen LogP contribution in [0.5, 0.6) is 0 Å². The summed E-state index contributed by atoms with van der Waals surface area (Å²) in [7, 11) is 0. The summed E-state index contributed by atoms with van der Waals surface area (Å²) in [6, 6.07) is 8.50. The Morgan fingerprint density at radius 2 is 1.96 bits per heavy atom. The van der Waals surface area contributed by atoms with Crippen LogP contribution < -0.4 is 5.32 Å². The number of alkyl halides is 3. The zero-order valence-corrected chi connectivity index (χ0v) is 15.4. The van der Waals surface area contributed by atoms with E-state index in [1.54, 1.807) is 0 Å². The average molecular weight is 398 g/mol. The normalized spacial score (nSPS) is 12.5. The molecule has 27 heavy (non-hydrogen) atoms. The molecular weight excluding hydrogens is 381 g/mol. The number of halogens is 3. The van der Waals surface area contributed by atoms with Crippen molar-refractivity contribution in [3.8, 4) is 0 Å². The highest BCUT2D eigenvalue weighted by atomic mass is 32.2. The Morgan fingerprint density at radius 3 is 2.56 bits per heavy atom. The fourth-order valence-corrected chi connectivity index (χ4v) is 3.17. The zero-order chi connectivity index (χ0) is 20.2. The van der Waals surface area contributed by atoms with Gasteiger partial charge in [-0.1, -0.05) is 19.9 Å². The highest BCUT2D eigenvalue weighted by Crippen LogP contribution is 2.38. The van der Waals surface area contributed by atoms with Gasteiger partial charge < -0.3 is 5.32 Å². The van der Waals surface area contributed by atoms with Crippen molar-refractivity contribution in [2.24, 2.45) is 0 Å². The van der Waals surface area contributed by atoms with E-state index in [1.165, 1.54) is 42.1 Å². The van der Waals surface area contributed by atoms with Crippen LogP contribution in [0.15, 0.2) is 47.4 Å². The quantitative estimate of drug-likeness (QED) is 0.382. The second kappa shape index (κ2) is 8.43. The van der Waals surface area contributed by atoms with Gasteiger partial charge in [-0.3, -0.25) is 14.9 Å². The van der Waals surface area contributed by atoms with Gasteiger partial charge in [0.2, 0.25) is 0 Å². The lowest BCUT2D eigenvalue weighted by Crippen LogP contribution is -2.17. The fraction of sp³-hybridized carbons (Fsp3) is 0.278. The molecule has 1 unspecified atom stereocenters. The first-order valence-electron chi connectivity index (χ1n) is 8.05. The molecule has 0 saturated heterocycles. The third kappa shape index (κ3) is 5.46. The van der Waals surface area contributed by atoms with Crippen LogP contribution in [0.3, 0.4) is 0 Å². The van der Waals surface area contributed by atoms with Crippen LogP contribution in [0.2, 0.25) is 0 Å².